The lowest BCUT2D eigenvalue weighted by molar-refractivity contribution is -0.137. The lowest BCUT2D eigenvalue weighted by atomic mass is 10.1. The largest absolute Gasteiger partial charge is 0.417 e. The fraction of sp³-hybridized carbons (Fsp3) is 0.545. The Morgan fingerprint density at radius 3 is 2.35 bits per heavy atom. The highest BCUT2D eigenvalue weighted by molar-refractivity contribution is 5.37. The Kier molecular flexibility index (Phi) is 4.34. The number of halogens is 3. The van der Waals surface area contributed by atoms with Crippen molar-refractivity contribution in [3.8, 4) is 0 Å². The molecule has 0 aliphatic heterocycles. The predicted molar refractivity (Wildman–Crippen MR) is 58.6 cm³/mol. The molecule has 17 heavy (non-hydrogen) atoms. The van der Waals surface area contributed by atoms with Crippen molar-refractivity contribution in [2.45, 2.75) is 26.1 Å². The Morgan fingerprint density at radius 1 is 1.35 bits per heavy atom. The highest BCUT2D eigenvalue weighted by atomic mass is 19.4. The minimum Gasteiger partial charge on any atom is -0.394 e. The maximum Gasteiger partial charge on any atom is 0.417 e. The first-order chi connectivity index (χ1) is 7.84. The van der Waals surface area contributed by atoms with Gasteiger partial charge in [0.2, 0.25) is 0 Å². The number of anilines is 1. The van der Waals surface area contributed by atoms with Crippen LogP contribution in [0.25, 0.3) is 0 Å². The standard InChI is InChI=1S/C11H15F3N2O/c1-7(2)9(6-17)16-10-4-3-8(5-15-10)11(12,13)14/h3-5,7,9,17H,6H2,1-2H3,(H,15,16). The predicted octanol–water partition coefficient (Wildman–Crippen LogP) is 2.53. The number of hydrogen-bond acceptors (Lipinski definition) is 3. The summed E-state index contributed by atoms with van der Waals surface area (Å²) in [5.74, 6) is 0.481. The second-order valence-electron chi connectivity index (χ2n) is 4.11. The van der Waals surface area contributed by atoms with Crippen molar-refractivity contribution < 1.29 is 18.3 Å². The molecule has 0 fully saturated rings. The number of pyridine rings is 1. The molecule has 96 valence electrons. The molecule has 6 heteroatoms. The molecule has 1 aromatic heterocycles. The summed E-state index contributed by atoms with van der Waals surface area (Å²) in [4.78, 5) is 3.67. The van der Waals surface area contributed by atoms with Gasteiger partial charge in [0.25, 0.3) is 0 Å². The second-order valence-corrected chi connectivity index (χ2v) is 4.11. The Labute approximate surface area is 97.7 Å². The van der Waals surface area contributed by atoms with E-state index in [4.69, 9.17) is 5.11 Å². The van der Waals surface area contributed by atoms with Gasteiger partial charge >= 0.3 is 6.18 Å². The summed E-state index contributed by atoms with van der Waals surface area (Å²) in [5.41, 5.74) is -0.784. The molecule has 1 aromatic rings. The van der Waals surface area contributed by atoms with Crippen molar-refractivity contribution in [2.24, 2.45) is 5.92 Å². The molecule has 1 rings (SSSR count). The zero-order chi connectivity index (χ0) is 13.1. The number of aromatic nitrogens is 1. The van der Waals surface area contributed by atoms with Crippen molar-refractivity contribution in [1.29, 1.82) is 0 Å². The third-order valence-corrected chi connectivity index (χ3v) is 2.43. The average molecular weight is 248 g/mol. The number of rotatable bonds is 4. The Bertz CT molecular complexity index is 349. The Balaban J connectivity index is 2.75. The molecule has 3 nitrogen and oxygen atoms in total. The smallest absolute Gasteiger partial charge is 0.394 e. The first kappa shape index (κ1) is 13.8. The van der Waals surface area contributed by atoms with Crippen molar-refractivity contribution in [3.05, 3.63) is 23.9 Å². The van der Waals surface area contributed by atoms with Gasteiger partial charge in [0, 0.05) is 6.20 Å². The van der Waals surface area contributed by atoms with Crippen LogP contribution in [0.4, 0.5) is 19.0 Å². The molecule has 0 aliphatic rings. The van der Waals surface area contributed by atoms with Crippen LogP contribution in [-0.2, 0) is 6.18 Å². The van der Waals surface area contributed by atoms with E-state index in [0.717, 1.165) is 12.3 Å². The van der Waals surface area contributed by atoms with Crippen molar-refractivity contribution >= 4 is 5.82 Å². The van der Waals surface area contributed by atoms with E-state index in [1.807, 2.05) is 13.8 Å². The molecule has 2 N–H and O–H groups in total. The van der Waals surface area contributed by atoms with E-state index in [2.05, 4.69) is 10.3 Å². The van der Waals surface area contributed by atoms with Gasteiger partial charge in [-0.2, -0.15) is 13.2 Å². The lowest BCUT2D eigenvalue weighted by Crippen LogP contribution is -2.29. The number of aliphatic hydroxyl groups is 1. The molecule has 0 aliphatic carbocycles. The molecule has 0 spiro atoms. The molecular weight excluding hydrogens is 233 g/mol. The molecule has 0 amide bonds. The van der Waals surface area contributed by atoms with Gasteiger partial charge in [0.05, 0.1) is 18.2 Å². The van der Waals surface area contributed by atoms with E-state index < -0.39 is 11.7 Å². The first-order valence-corrected chi connectivity index (χ1v) is 5.25. The molecule has 0 bridgehead atoms. The summed E-state index contributed by atoms with van der Waals surface area (Å²) >= 11 is 0. The van der Waals surface area contributed by atoms with Crippen LogP contribution in [0.2, 0.25) is 0 Å². The van der Waals surface area contributed by atoms with Crippen LogP contribution in [0.3, 0.4) is 0 Å². The van der Waals surface area contributed by atoms with E-state index in [-0.39, 0.29) is 18.6 Å². The highest BCUT2D eigenvalue weighted by Crippen LogP contribution is 2.28. The third kappa shape index (κ3) is 3.89. The van der Waals surface area contributed by atoms with E-state index in [1.165, 1.54) is 6.07 Å². The number of alkyl halides is 3. The van der Waals surface area contributed by atoms with Crippen molar-refractivity contribution in [2.75, 3.05) is 11.9 Å². The molecule has 0 aromatic carbocycles. The van der Waals surface area contributed by atoms with Gasteiger partial charge in [-0.1, -0.05) is 13.8 Å². The summed E-state index contributed by atoms with van der Waals surface area (Å²) in [5, 5.41) is 11.9. The van der Waals surface area contributed by atoms with Crippen molar-refractivity contribution in [1.82, 2.24) is 4.98 Å². The molecule has 0 saturated heterocycles. The summed E-state index contributed by atoms with van der Waals surface area (Å²) < 4.78 is 36.8. The van der Waals surface area contributed by atoms with E-state index in [9.17, 15) is 13.2 Å². The third-order valence-electron chi connectivity index (χ3n) is 2.43. The molecular formula is C11H15F3N2O. The minimum atomic E-state index is -4.38. The van der Waals surface area contributed by atoms with Crippen molar-refractivity contribution in [3.63, 3.8) is 0 Å². The van der Waals surface area contributed by atoms with Crippen LogP contribution in [0.1, 0.15) is 19.4 Å². The van der Waals surface area contributed by atoms with Crippen LogP contribution in [0.5, 0.6) is 0 Å². The quantitative estimate of drug-likeness (QED) is 0.860. The summed E-state index contributed by atoms with van der Waals surface area (Å²) in [6.07, 6.45) is -3.60. The van der Waals surface area contributed by atoms with Crippen LogP contribution < -0.4 is 5.32 Å². The summed E-state index contributed by atoms with van der Waals surface area (Å²) in [6, 6.07) is 2.00. The normalized spacial score (nSPS) is 13.8. The number of nitrogens with zero attached hydrogens (tertiary/aromatic N) is 1. The van der Waals surface area contributed by atoms with Gasteiger partial charge in [0.1, 0.15) is 5.82 Å². The SMILES string of the molecule is CC(C)C(CO)Nc1ccc(C(F)(F)F)cn1. The van der Waals surface area contributed by atoms with Gasteiger partial charge in [0.15, 0.2) is 0 Å². The maximum absolute atomic E-state index is 12.3. The Morgan fingerprint density at radius 2 is 2.00 bits per heavy atom. The Hall–Kier alpha value is -1.30. The maximum atomic E-state index is 12.3. The average Bonchev–Trinajstić information content (AvgIpc) is 2.25. The number of hydrogen-bond donors (Lipinski definition) is 2. The van der Waals surface area contributed by atoms with Gasteiger partial charge in [-0.15, -0.1) is 0 Å². The molecule has 1 atom stereocenters. The first-order valence-electron chi connectivity index (χ1n) is 5.25. The second kappa shape index (κ2) is 5.35. The highest BCUT2D eigenvalue weighted by Gasteiger charge is 2.30. The van der Waals surface area contributed by atoms with E-state index >= 15 is 0 Å². The van der Waals surface area contributed by atoms with Crippen LogP contribution in [0.15, 0.2) is 18.3 Å². The minimum absolute atomic E-state index is 0.0969. The number of nitrogens with one attached hydrogen (secondary N) is 1. The summed E-state index contributed by atoms with van der Waals surface area (Å²) in [7, 11) is 0. The van der Waals surface area contributed by atoms with Gasteiger partial charge < -0.3 is 10.4 Å². The lowest BCUT2D eigenvalue weighted by Gasteiger charge is -2.20. The molecule has 1 heterocycles. The monoisotopic (exact) mass is 248 g/mol. The molecule has 1 unspecified atom stereocenters. The fourth-order valence-electron chi connectivity index (χ4n) is 1.26. The molecule has 0 saturated carbocycles. The topological polar surface area (TPSA) is 45.1 Å². The van der Waals surface area contributed by atoms with Gasteiger partial charge in [-0.05, 0) is 18.1 Å². The van der Waals surface area contributed by atoms with E-state index in [1.54, 1.807) is 0 Å². The van der Waals surface area contributed by atoms with Crippen LogP contribution in [-0.4, -0.2) is 22.7 Å². The zero-order valence-electron chi connectivity index (χ0n) is 9.62. The van der Waals surface area contributed by atoms with Gasteiger partial charge in [-0.25, -0.2) is 4.98 Å². The van der Waals surface area contributed by atoms with Gasteiger partial charge in [-0.3, -0.25) is 0 Å². The number of aliphatic hydroxyl groups excluding tert-OH is 1. The van der Waals surface area contributed by atoms with Crippen LogP contribution in [0, 0.1) is 5.92 Å². The summed E-state index contributed by atoms with van der Waals surface area (Å²) in [6.45, 7) is 3.70. The molecule has 0 radical (unpaired) electrons. The van der Waals surface area contributed by atoms with Crippen LogP contribution >= 0.6 is 0 Å². The van der Waals surface area contributed by atoms with E-state index in [0.29, 0.717) is 5.82 Å². The zero-order valence-corrected chi connectivity index (χ0v) is 9.62. The fourth-order valence-corrected chi connectivity index (χ4v) is 1.26.